The lowest BCUT2D eigenvalue weighted by molar-refractivity contribution is -0.384. The topological polar surface area (TPSA) is 124 Å². The maximum absolute atomic E-state index is 11.8. The smallest absolute Gasteiger partial charge is 0.323 e. The van der Waals surface area contributed by atoms with Gasteiger partial charge in [0.05, 0.1) is 10.9 Å². The highest BCUT2D eigenvalue weighted by atomic mass is 16.6. The Bertz CT molecular complexity index is 728. The van der Waals surface area contributed by atoms with Gasteiger partial charge in [-0.25, -0.2) is 4.79 Å². The molecule has 0 radical (unpaired) electrons. The van der Waals surface area contributed by atoms with Gasteiger partial charge in [0.15, 0.2) is 0 Å². The number of anilines is 2. The summed E-state index contributed by atoms with van der Waals surface area (Å²) in [4.78, 5) is 32.4. The molecule has 0 saturated heterocycles. The molecule has 0 fully saturated rings. The fourth-order valence-corrected chi connectivity index (χ4v) is 1.68. The molecule has 8 nitrogen and oxygen atoms in total. The molecule has 2 aromatic rings. The third-order valence-corrected chi connectivity index (χ3v) is 2.69. The van der Waals surface area contributed by atoms with Crippen LogP contribution in [0.5, 0.6) is 0 Å². The molecular weight excluding hydrogens is 290 g/mol. The Kier molecular flexibility index (Phi) is 4.33. The molecule has 0 aliphatic carbocycles. The molecule has 0 aliphatic heterocycles. The zero-order chi connectivity index (χ0) is 16.1. The fourth-order valence-electron chi connectivity index (χ4n) is 1.68. The van der Waals surface area contributed by atoms with Crippen LogP contribution in [0.3, 0.4) is 0 Å². The lowest BCUT2D eigenvalue weighted by Crippen LogP contribution is -2.22. The largest absolute Gasteiger partial charge is 0.545 e. The van der Waals surface area contributed by atoms with Crippen LogP contribution in [0, 0.1) is 10.1 Å². The van der Waals surface area contributed by atoms with E-state index < -0.39 is 16.9 Å². The summed E-state index contributed by atoms with van der Waals surface area (Å²) in [5.41, 5.74) is 0.478. The number of non-ortho nitro benzene ring substituents is 1. The zero-order valence-corrected chi connectivity index (χ0v) is 11.1. The number of hydrogen-bond donors (Lipinski definition) is 2. The van der Waals surface area contributed by atoms with Gasteiger partial charge in [0.2, 0.25) is 0 Å². The summed E-state index contributed by atoms with van der Waals surface area (Å²) in [5.74, 6) is -1.31. The van der Waals surface area contributed by atoms with Gasteiger partial charge in [0.25, 0.3) is 5.69 Å². The molecule has 2 N–H and O–H groups in total. The second-order valence-corrected chi connectivity index (χ2v) is 4.25. The molecule has 22 heavy (non-hydrogen) atoms. The quantitative estimate of drug-likeness (QED) is 0.655. The van der Waals surface area contributed by atoms with E-state index in [9.17, 15) is 24.8 Å². The summed E-state index contributed by atoms with van der Waals surface area (Å²) in [6.07, 6.45) is 0. The van der Waals surface area contributed by atoms with Crippen molar-refractivity contribution in [1.82, 2.24) is 0 Å². The van der Waals surface area contributed by atoms with Crippen molar-refractivity contribution in [2.45, 2.75) is 0 Å². The van der Waals surface area contributed by atoms with Crippen molar-refractivity contribution in [1.29, 1.82) is 0 Å². The average molecular weight is 300 g/mol. The number of carbonyl (C=O) groups is 2. The van der Waals surface area contributed by atoms with Crippen LogP contribution < -0.4 is 15.7 Å². The summed E-state index contributed by atoms with van der Waals surface area (Å²) in [6.45, 7) is 0. The van der Waals surface area contributed by atoms with Crippen LogP contribution in [0.2, 0.25) is 0 Å². The second kappa shape index (κ2) is 6.35. The van der Waals surface area contributed by atoms with E-state index in [-0.39, 0.29) is 16.9 Å². The summed E-state index contributed by atoms with van der Waals surface area (Å²) in [5, 5.41) is 26.1. The van der Waals surface area contributed by atoms with E-state index in [1.807, 2.05) is 0 Å². The van der Waals surface area contributed by atoms with Crippen LogP contribution in [0.4, 0.5) is 21.9 Å². The normalized spacial score (nSPS) is 9.82. The van der Waals surface area contributed by atoms with Crippen LogP contribution in [0.25, 0.3) is 0 Å². The van der Waals surface area contributed by atoms with Crippen LogP contribution in [0.15, 0.2) is 48.5 Å². The lowest BCUT2D eigenvalue weighted by Gasteiger charge is -2.08. The number of nitrogens with zero attached hydrogens (tertiary/aromatic N) is 1. The van der Waals surface area contributed by atoms with Crippen LogP contribution >= 0.6 is 0 Å². The molecule has 0 aliphatic rings. The number of aromatic carboxylic acids is 1. The van der Waals surface area contributed by atoms with Crippen molar-refractivity contribution in [2.24, 2.45) is 0 Å². The maximum Gasteiger partial charge on any atom is 0.323 e. The van der Waals surface area contributed by atoms with Crippen LogP contribution in [-0.2, 0) is 0 Å². The summed E-state index contributed by atoms with van der Waals surface area (Å²) >= 11 is 0. The van der Waals surface area contributed by atoms with Gasteiger partial charge in [0, 0.05) is 23.5 Å². The van der Waals surface area contributed by atoms with Gasteiger partial charge in [0.1, 0.15) is 0 Å². The molecule has 0 saturated carbocycles. The van der Waals surface area contributed by atoms with Crippen molar-refractivity contribution in [2.75, 3.05) is 10.6 Å². The molecule has 2 aromatic carbocycles. The Morgan fingerprint density at radius 1 is 0.955 bits per heavy atom. The first kappa shape index (κ1) is 15.0. The van der Waals surface area contributed by atoms with Crippen LogP contribution in [-0.4, -0.2) is 16.9 Å². The molecule has 0 aromatic heterocycles. The monoisotopic (exact) mass is 300 g/mol. The minimum absolute atomic E-state index is 0.00959. The SMILES string of the molecule is O=C(Nc1ccc(C(=O)[O-])cc1)Nc1cccc([N+](=O)[O-])c1. The molecule has 112 valence electrons. The third-order valence-electron chi connectivity index (χ3n) is 2.69. The van der Waals surface area contributed by atoms with Gasteiger partial charge in [-0.2, -0.15) is 0 Å². The van der Waals surface area contributed by atoms with Gasteiger partial charge in [-0.15, -0.1) is 0 Å². The van der Waals surface area contributed by atoms with E-state index in [1.54, 1.807) is 0 Å². The highest BCUT2D eigenvalue weighted by molar-refractivity contribution is 6.00. The minimum Gasteiger partial charge on any atom is -0.545 e. The third kappa shape index (κ3) is 3.79. The van der Waals surface area contributed by atoms with E-state index in [0.717, 1.165) is 0 Å². The number of carboxylic acids is 1. The Hall–Kier alpha value is -3.42. The Balaban J connectivity index is 2.02. The molecule has 2 amide bonds. The predicted octanol–water partition coefficient (Wildman–Crippen LogP) is 1.60. The lowest BCUT2D eigenvalue weighted by atomic mass is 10.2. The van der Waals surface area contributed by atoms with E-state index >= 15 is 0 Å². The van der Waals surface area contributed by atoms with E-state index in [2.05, 4.69) is 10.6 Å². The van der Waals surface area contributed by atoms with Crippen molar-refractivity contribution in [3.05, 3.63) is 64.2 Å². The zero-order valence-electron chi connectivity index (χ0n) is 11.1. The molecule has 0 heterocycles. The first-order valence-corrected chi connectivity index (χ1v) is 6.09. The number of hydrogen-bond acceptors (Lipinski definition) is 5. The predicted molar refractivity (Wildman–Crippen MR) is 76.5 cm³/mol. The maximum atomic E-state index is 11.8. The molecule has 8 heteroatoms. The number of benzene rings is 2. The highest BCUT2D eigenvalue weighted by Crippen LogP contribution is 2.17. The van der Waals surface area contributed by atoms with E-state index in [0.29, 0.717) is 5.69 Å². The number of nitrogens with one attached hydrogen (secondary N) is 2. The average Bonchev–Trinajstić information content (AvgIpc) is 2.47. The molecule has 0 unspecified atom stereocenters. The van der Waals surface area contributed by atoms with E-state index in [4.69, 9.17) is 0 Å². The number of rotatable bonds is 4. The van der Waals surface area contributed by atoms with E-state index in [1.165, 1.54) is 48.5 Å². The summed E-state index contributed by atoms with van der Waals surface area (Å²) < 4.78 is 0. The first-order valence-electron chi connectivity index (χ1n) is 6.09. The number of urea groups is 1. The second-order valence-electron chi connectivity index (χ2n) is 4.25. The van der Waals surface area contributed by atoms with Crippen molar-refractivity contribution in [3.63, 3.8) is 0 Å². The van der Waals surface area contributed by atoms with Crippen molar-refractivity contribution >= 4 is 29.1 Å². The Morgan fingerprint density at radius 3 is 2.18 bits per heavy atom. The Morgan fingerprint density at radius 2 is 1.59 bits per heavy atom. The van der Waals surface area contributed by atoms with Crippen molar-refractivity contribution < 1.29 is 19.6 Å². The number of nitro groups is 1. The number of nitro benzene ring substituents is 1. The molecule has 0 spiro atoms. The minimum atomic E-state index is -1.31. The summed E-state index contributed by atoms with van der Waals surface area (Å²) in [6, 6.07) is 10.3. The highest BCUT2D eigenvalue weighted by Gasteiger charge is 2.08. The molecule has 0 atom stereocenters. The fraction of sp³-hybridized carbons (Fsp3) is 0. The number of amides is 2. The van der Waals surface area contributed by atoms with Gasteiger partial charge >= 0.3 is 6.03 Å². The van der Waals surface area contributed by atoms with Crippen LogP contribution in [0.1, 0.15) is 10.4 Å². The molecule has 2 rings (SSSR count). The van der Waals surface area contributed by atoms with Gasteiger partial charge < -0.3 is 20.5 Å². The van der Waals surface area contributed by atoms with Gasteiger partial charge in [-0.3, -0.25) is 10.1 Å². The standard InChI is InChI=1S/C14H11N3O5/c18-13(19)9-4-6-10(7-5-9)15-14(20)16-11-2-1-3-12(8-11)17(21)22/h1-8H,(H,18,19)(H2,15,16,20)/p-1. The van der Waals surface area contributed by atoms with Crippen molar-refractivity contribution in [3.8, 4) is 0 Å². The van der Waals surface area contributed by atoms with Gasteiger partial charge in [-0.1, -0.05) is 18.2 Å². The first-order chi connectivity index (χ1) is 10.5. The Labute approximate surface area is 124 Å². The summed E-state index contributed by atoms with van der Waals surface area (Å²) in [7, 11) is 0. The molecular formula is C14H10N3O5-. The molecule has 0 bridgehead atoms. The van der Waals surface area contributed by atoms with Gasteiger partial charge in [-0.05, 0) is 23.8 Å². The number of carbonyl (C=O) groups excluding carboxylic acids is 2. The number of carboxylic acid groups (broad SMARTS) is 1.